The summed E-state index contributed by atoms with van der Waals surface area (Å²) in [5.74, 6) is 0. The number of para-hydroxylation sites is 1. The summed E-state index contributed by atoms with van der Waals surface area (Å²) < 4.78 is 44.6. The molecule has 1 atom stereocenters. The highest BCUT2D eigenvalue weighted by Crippen LogP contribution is 2.30. The lowest BCUT2D eigenvalue weighted by molar-refractivity contribution is -0.137. The van der Waals surface area contributed by atoms with Crippen molar-refractivity contribution in [2.45, 2.75) is 18.8 Å². The van der Waals surface area contributed by atoms with Crippen molar-refractivity contribution in [1.82, 2.24) is 9.55 Å². The average Bonchev–Trinajstić information content (AvgIpc) is 3.03. The second kappa shape index (κ2) is 6.24. The molecule has 2 heterocycles. The number of rotatable bonds is 3. The van der Waals surface area contributed by atoms with Crippen LogP contribution >= 0.6 is 0 Å². The lowest BCUT2D eigenvalue weighted by Crippen LogP contribution is -2.23. The fraction of sp³-hybridized carbons (Fsp3) is 0.158. The number of nitrogens with zero attached hydrogens (tertiary/aromatic N) is 2. The van der Waals surface area contributed by atoms with Gasteiger partial charge in [-0.05, 0) is 29.8 Å². The van der Waals surface area contributed by atoms with Crippen molar-refractivity contribution in [1.29, 1.82) is 0 Å². The number of aliphatic hydroxyl groups is 1. The summed E-state index contributed by atoms with van der Waals surface area (Å²) in [6.45, 7) is -0.163. The molecule has 0 aliphatic rings. The number of alkyl halides is 3. The molecule has 4 rings (SSSR count). The number of hydrogen-bond acceptors (Lipinski definition) is 4. The number of benzene rings is 2. The zero-order chi connectivity index (χ0) is 19.2. The first-order chi connectivity index (χ1) is 12.8. The normalized spacial score (nSPS) is 13.3. The Balaban J connectivity index is 1.66. The van der Waals surface area contributed by atoms with Gasteiger partial charge in [0, 0.05) is 5.39 Å². The third kappa shape index (κ3) is 3.08. The molecule has 2 aromatic carbocycles. The smallest absolute Gasteiger partial charge is 0.416 e. The maximum atomic E-state index is 12.6. The van der Waals surface area contributed by atoms with E-state index in [-0.39, 0.29) is 17.7 Å². The van der Waals surface area contributed by atoms with Crippen molar-refractivity contribution in [2.75, 3.05) is 0 Å². The molecule has 0 radical (unpaired) electrons. The summed E-state index contributed by atoms with van der Waals surface area (Å²) in [7, 11) is 0. The first kappa shape index (κ1) is 17.3. The van der Waals surface area contributed by atoms with Gasteiger partial charge < -0.3 is 9.52 Å². The SMILES string of the molecule is O=c1c2oc3ccccc3c2ncn1CC(O)c1ccc(C(F)(F)F)cc1. The summed E-state index contributed by atoms with van der Waals surface area (Å²) >= 11 is 0. The van der Waals surface area contributed by atoms with Gasteiger partial charge in [0.05, 0.1) is 24.5 Å². The van der Waals surface area contributed by atoms with E-state index in [1.807, 2.05) is 0 Å². The molecular formula is C19H13F3N2O3. The van der Waals surface area contributed by atoms with Crippen LogP contribution in [0, 0.1) is 0 Å². The molecule has 27 heavy (non-hydrogen) atoms. The minimum atomic E-state index is -4.45. The fourth-order valence-electron chi connectivity index (χ4n) is 2.93. The highest BCUT2D eigenvalue weighted by Gasteiger charge is 2.30. The Labute approximate surface area is 150 Å². The lowest BCUT2D eigenvalue weighted by Gasteiger charge is -2.14. The van der Waals surface area contributed by atoms with Gasteiger partial charge in [-0.25, -0.2) is 4.98 Å². The Morgan fingerprint density at radius 1 is 1.11 bits per heavy atom. The van der Waals surface area contributed by atoms with Crippen LogP contribution in [0.5, 0.6) is 0 Å². The second-order valence-corrected chi connectivity index (χ2v) is 6.11. The summed E-state index contributed by atoms with van der Waals surface area (Å²) in [6.07, 6.45) is -4.33. The Kier molecular flexibility index (Phi) is 4.00. The van der Waals surface area contributed by atoms with Gasteiger partial charge in [0.15, 0.2) is 0 Å². The van der Waals surface area contributed by atoms with Crippen molar-refractivity contribution in [3.63, 3.8) is 0 Å². The Hall–Kier alpha value is -3.13. The van der Waals surface area contributed by atoms with Gasteiger partial charge in [-0.2, -0.15) is 13.2 Å². The van der Waals surface area contributed by atoms with Gasteiger partial charge in [-0.1, -0.05) is 24.3 Å². The molecule has 1 N–H and O–H groups in total. The van der Waals surface area contributed by atoms with Crippen LogP contribution in [-0.2, 0) is 12.7 Å². The van der Waals surface area contributed by atoms with E-state index < -0.39 is 23.4 Å². The Morgan fingerprint density at radius 3 is 2.52 bits per heavy atom. The van der Waals surface area contributed by atoms with Crippen molar-refractivity contribution < 1.29 is 22.7 Å². The predicted molar refractivity (Wildman–Crippen MR) is 92.2 cm³/mol. The Morgan fingerprint density at radius 2 is 1.81 bits per heavy atom. The van der Waals surface area contributed by atoms with Crippen LogP contribution in [0.2, 0.25) is 0 Å². The minimum Gasteiger partial charge on any atom is -0.448 e. The molecule has 0 aliphatic carbocycles. The van der Waals surface area contributed by atoms with Crippen molar-refractivity contribution in [3.8, 4) is 0 Å². The van der Waals surface area contributed by atoms with E-state index in [2.05, 4.69) is 4.98 Å². The van der Waals surface area contributed by atoms with E-state index in [4.69, 9.17) is 4.42 Å². The highest BCUT2D eigenvalue weighted by molar-refractivity contribution is 6.01. The largest absolute Gasteiger partial charge is 0.448 e. The minimum absolute atomic E-state index is 0.0679. The summed E-state index contributed by atoms with van der Waals surface area (Å²) in [5.41, 5.74) is 0.00932. The predicted octanol–water partition coefficient (Wildman–Crippen LogP) is 3.90. The highest BCUT2D eigenvalue weighted by atomic mass is 19.4. The van der Waals surface area contributed by atoms with Crippen LogP contribution in [0.1, 0.15) is 17.2 Å². The molecule has 1 unspecified atom stereocenters. The van der Waals surface area contributed by atoms with E-state index >= 15 is 0 Å². The molecule has 8 heteroatoms. The number of halogens is 3. The molecule has 0 spiro atoms. The molecule has 0 saturated carbocycles. The monoisotopic (exact) mass is 374 g/mol. The van der Waals surface area contributed by atoms with E-state index in [0.717, 1.165) is 12.1 Å². The molecule has 0 amide bonds. The van der Waals surface area contributed by atoms with E-state index in [1.165, 1.54) is 23.0 Å². The number of fused-ring (bicyclic) bond motifs is 3. The molecular weight excluding hydrogens is 361 g/mol. The molecule has 0 aliphatic heterocycles. The third-order valence-corrected chi connectivity index (χ3v) is 4.34. The fourth-order valence-corrected chi connectivity index (χ4v) is 2.93. The van der Waals surface area contributed by atoms with Crippen LogP contribution in [0.25, 0.3) is 22.1 Å². The molecule has 2 aromatic heterocycles. The van der Waals surface area contributed by atoms with Crippen molar-refractivity contribution in [3.05, 3.63) is 76.3 Å². The quantitative estimate of drug-likeness (QED) is 0.591. The summed E-state index contributed by atoms with van der Waals surface area (Å²) in [5, 5.41) is 11.0. The van der Waals surface area contributed by atoms with Gasteiger partial charge >= 0.3 is 6.18 Å². The standard InChI is InChI=1S/C19H13F3N2O3/c20-19(21,22)12-7-5-11(6-8-12)14(25)9-24-10-23-16-13-3-1-2-4-15(13)27-17(16)18(24)26/h1-8,10,14,25H,9H2. The van der Waals surface area contributed by atoms with Gasteiger partial charge in [0.1, 0.15) is 11.1 Å². The summed E-state index contributed by atoms with van der Waals surface area (Å²) in [6, 6.07) is 11.2. The van der Waals surface area contributed by atoms with Crippen molar-refractivity contribution in [2.24, 2.45) is 0 Å². The van der Waals surface area contributed by atoms with Crippen LogP contribution in [0.3, 0.4) is 0 Å². The molecule has 0 saturated heterocycles. The third-order valence-electron chi connectivity index (χ3n) is 4.34. The van der Waals surface area contributed by atoms with Gasteiger partial charge in [0.25, 0.3) is 5.56 Å². The molecule has 4 aromatic rings. The maximum absolute atomic E-state index is 12.6. The van der Waals surface area contributed by atoms with Crippen LogP contribution in [-0.4, -0.2) is 14.7 Å². The first-order valence-electron chi connectivity index (χ1n) is 8.06. The van der Waals surface area contributed by atoms with Gasteiger partial charge in [-0.3, -0.25) is 9.36 Å². The maximum Gasteiger partial charge on any atom is 0.416 e. The molecule has 0 bridgehead atoms. The van der Waals surface area contributed by atoms with E-state index in [0.29, 0.717) is 16.5 Å². The average molecular weight is 374 g/mol. The van der Waals surface area contributed by atoms with E-state index in [1.54, 1.807) is 24.3 Å². The lowest BCUT2D eigenvalue weighted by atomic mass is 10.1. The summed E-state index contributed by atoms with van der Waals surface area (Å²) in [4.78, 5) is 16.9. The van der Waals surface area contributed by atoms with Gasteiger partial charge in [0.2, 0.25) is 5.58 Å². The topological polar surface area (TPSA) is 68.3 Å². The van der Waals surface area contributed by atoms with Crippen LogP contribution < -0.4 is 5.56 Å². The zero-order valence-corrected chi connectivity index (χ0v) is 13.8. The van der Waals surface area contributed by atoms with Crippen molar-refractivity contribution >= 4 is 22.1 Å². The van der Waals surface area contributed by atoms with Crippen LogP contribution in [0.15, 0.2) is 64.1 Å². The number of aromatic nitrogens is 2. The van der Waals surface area contributed by atoms with E-state index in [9.17, 15) is 23.1 Å². The Bertz CT molecular complexity index is 1180. The molecule has 0 fully saturated rings. The molecule has 138 valence electrons. The zero-order valence-electron chi connectivity index (χ0n) is 13.8. The number of hydrogen-bond donors (Lipinski definition) is 1. The second-order valence-electron chi connectivity index (χ2n) is 6.11. The number of furan rings is 1. The number of aliphatic hydroxyl groups excluding tert-OH is 1. The molecule has 5 nitrogen and oxygen atoms in total. The van der Waals surface area contributed by atoms with Crippen LogP contribution in [0.4, 0.5) is 13.2 Å². The first-order valence-corrected chi connectivity index (χ1v) is 8.06. The van der Waals surface area contributed by atoms with Gasteiger partial charge in [-0.15, -0.1) is 0 Å².